The molecule has 0 saturated heterocycles. The van der Waals surface area contributed by atoms with Gasteiger partial charge in [0.05, 0.1) is 25.7 Å². The molecular weight excluding hydrogens is 306 g/mol. The molecule has 0 bridgehead atoms. The zero-order valence-corrected chi connectivity index (χ0v) is 14.9. The van der Waals surface area contributed by atoms with Crippen molar-refractivity contribution in [1.29, 1.82) is 0 Å². The summed E-state index contributed by atoms with van der Waals surface area (Å²) in [5.74, 6) is 0.643. The van der Waals surface area contributed by atoms with Crippen LogP contribution in [0.1, 0.15) is 38.8 Å². The number of nitrogens with one attached hydrogen (secondary N) is 2. The average molecular weight is 333 g/mol. The lowest BCUT2D eigenvalue weighted by Gasteiger charge is -2.27. The molecule has 2 N–H and O–H groups in total. The lowest BCUT2D eigenvalue weighted by Crippen LogP contribution is -2.47. The molecule has 2 rings (SSSR count). The maximum absolute atomic E-state index is 12.3. The van der Waals surface area contributed by atoms with Crippen LogP contribution in [0, 0.1) is 0 Å². The predicted molar refractivity (Wildman–Crippen MR) is 92.8 cm³/mol. The third kappa shape index (κ3) is 5.53. The summed E-state index contributed by atoms with van der Waals surface area (Å²) < 4.78 is 5.60. The largest absolute Gasteiger partial charge is 0.493 e. The highest BCUT2D eigenvalue weighted by Gasteiger charge is 2.23. The molecule has 1 atom stereocenters. The van der Waals surface area contributed by atoms with Gasteiger partial charge in [0.2, 0.25) is 11.8 Å². The monoisotopic (exact) mass is 333 g/mol. The molecular formula is C18H27N3O3. The molecule has 6 heteroatoms. The number of hydrogen-bond donors (Lipinski definition) is 2. The Kier molecular flexibility index (Phi) is 5.83. The highest BCUT2D eigenvalue weighted by molar-refractivity contribution is 5.81. The molecule has 1 aliphatic heterocycles. The SMILES string of the molecule is CN(CC(=O)NC1CCOc2ccccc21)CC(=O)NC(C)(C)C. The summed E-state index contributed by atoms with van der Waals surface area (Å²) in [5.41, 5.74) is 0.733. The van der Waals surface area contributed by atoms with E-state index >= 15 is 0 Å². The summed E-state index contributed by atoms with van der Waals surface area (Å²) >= 11 is 0. The van der Waals surface area contributed by atoms with Crippen LogP contribution in [0.5, 0.6) is 5.75 Å². The average Bonchev–Trinajstić information content (AvgIpc) is 2.45. The standard InChI is InChI=1S/C18H27N3O3/c1-18(2,3)20-17(23)12-21(4)11-16(22)19-14-9-10-24-15-8-6-5-7-13(14)15/h5-8,14H,9-12H2,1-4H3,(H,19,22)(H,20,23). The van der Waals surface area contributed by atoms with Crippen molar-refractivity contribution in [2.45, 2.75) is 38.8 Å². The van der Waals surface area contributed by atoms with Gasteiger partial charge in [-0.15, -0.1) is 0 Å². The van der Waals surface area contributed by atoms with Crippen LogP contribution in [0.2, 0.25) is 0 Å². The molecule has 0 aliphatic carbocycles. The van der Waals surface area contributed by atoms with Crippen molar-refractivity contribution in [3.05, 3.63) is 29.8 Å². The highest BCUT2D eigenvalue weighted by Crippen LogP contribution is 2.31. The quantitative estimate of drug-likeness (QED) is 0.856. The zero-order chi connectivity index (χ0) is 17.7. The van der Waals surface area contributed by atoms with Gasteiger partial charge in [-0.05, 0) is 33.9 Å². The van der Waals surface area contributed by atoms with Crippen molar-refractivity contribution >= 4 is 11.8 Å². The Bertz CT molecular complexity index is 595. The van der Waals surface area contributed by atoms with Gasteiger partial charge in [-0.25, -0.2) is 0 Å². The molecule has 0 radical (unpaired) electrons. The molecule has 1 aliphatic rings. The molecule has 2 amide bonds. The molecule has 24 heavy (non-hydrogen) atoms. The molecule has 1 unspecified atom stereocenters. The van der Waals surface area contributed by atoms with Crippen LogP contribution < -0.4 is 15.4 Å². The molecule has 1 aromatic rings. The van der Waals surface area contributed by atoms with Crippen molar-refractivity contribution in [2.24, 2.45) is 0 Å². The number of nitrogens with zero attached hydrogens (tertiary/aromatic N) is 1. The number of amides is 2. The Hall–Kier alpha value is -2.08. The van der Waals surface area contributed by atoms with Gasteiger partial charge in [0, 0.05) is 17.5 Å². The second-order valence-corrected chi connectivity index (χ2v) is 7.27. The third-order valence-electron chi connectivity index (χ3n) is 3.64. The van der Waals surface area contributed by atoms with Gasteiger partial charge >= 0.3 is 0 Å². The van der Waals surface area contributed by atoms with Crippen LogP contribution in [0.25, 0.3) is 0 Å². The molecule has 0 aromatic heterocycles. The van der Waals surface area contributed by atoms with E-state index in [1.165, 1.54) is 0 Å². The number of para-hydroxylation sites is 1. The first-order chi connectivity index (χ1) is 11.2. The van der Waals surface area contributed by atoms with E-state index in [0.717, 1.165) is 17.7 Å². The first-order valence-electron chi connectivity index (χ1n) is 8.25. The van der Waals surface area contributed by atoms with Crippen LogP contribution in [0.4, 0.5) is 0 Å². The van der Waals surface area contributed by atoms with Gasteiger partial charge in [-0.1, -0.05) is 18.2 Å². The van der Waals surface area contributed by atoms with E-state index < -0.39 is 0 Å². The second-order valence-electron chi connectivity index (χ2n) is 7.27. The van der Waals surface area contributed by atoms with E-state index in [2.05, 4.69) is 10.6 Å². The molecule has 0 fully saturated rings. The molecule has 1 heterocycles. The maximum atomic E-state index is 12.3. The van der Waals surface area contributed by atoms with Crippen LogP contribution in [0.3, 0.4) is 0 Å². The number of ether oxygens (including phenoxy) is 1. The van der Waals surface area contributed by atoms with Crippen LogP contribution in [-0.2, 0) is 9.59 Å². The normalized spacial score (nSPS) is 17.0. The minimum Gasteiger partial charge on any atom is -0.493 e. The first-order valence-corrected chi connectivity index (χ1v) is 8.25. The van der Waals surface area contributed by atoms with Gasteiger partial charge in [0.1, 0.15) is 5.75 Å². The second kappa shape index (κ2) is 7.66. The summed E-state index contributed by atoms with van der Waals surface area (Å²) in [4.78, 5) is 25.9. The minimum absolute atomic E-state index is 0.0424. The summed E-state index contributed by atoms with van der Waals surface area (Å²) in [7, 11) is 1.76. The third-order valence-corrected chi connectivity index (χ3v) is 3.64. The van der Waals surface area contributed by atoms with Gasteiger partial charge < -0.3 is 15.4 Å². The Labute approximate surface area is 143 Å². The van der Waals surface area contributed by atoms with Crippen molar-refractivity contribution in [3.8, 4) is 5.75 Å². The Morgan fingerprint density at radius 3 is 2.58 bits per heavy atom. The topological polar surface area (TPSA) is 70.7 Å². The van der Waals surface area contributed by atoms with Crippen LogP contribution in [0.15, 0.2) is 24.3 Å². The van der Waals surface area contributed by atoms with Gasteiger partial charge in [0.15, 0.2) is 0 Å². The number of fused-ring (bicyclic) bond motifs is 1. The van der Waals surface area contributed by atoms with E-state index in [9.17, 15) is 9.59 Å². The Morgan fingerprint density at radius 1 is 1.21 bits per heavy atom. The number of carbonyl (C=O) groups is 2. The highest BCUT2D eigenvalue weighted by atomic mass is 16.5. The van der Waals surface area contributed by atoms with Crippen molar-refractivity contribution in [3.63, 3.8) is 0 Å². The fourth-order valence-corrected chi connectivity index (χ4v) is 2.74. The van der Waals surface area contributed by atoms with Crippen molar-refractivity contribution < 1.29 is 14.3 Å². The summed E-state index contributed by atoms with van der Waals surface area (Å²) in [5, 5.41) is 5.92. The molecule has 0 saturated carbocycles. The van der Waals surface area contributed by atoms with E-state index in [1.807, 2.05) is 45.0 Å². The number of benzene rings is 1. The predicted octanol–water partition coefficient (Wildman–Crippen LogP) is 1.47. The number of likely N-dealkylation sites (N-methyl/N-ethyl adjacent to an activating group) is 1. The van der Waals surface area contributed by atoms with Gasteiger partial charge in [0.25, 0.3) is 0 Å². The first kappa shape index (κ1) is 18.3. The number of hydrogen-bond acceptors (Lipinski definition) is 4. The summed E-state index contributed by atoms with van der Waals surface area (Å²) in [6.07, 6.45) is 0.747. The molecule has 1 aromatic carbocycles. The van der Waals surface area contributed by atoms with Crippen LogP contribution in [-0.4, -0.2) is 49.0 Å². The smallest absolute Gasteiger partial charge is 0.234 e. The Balaban J connectivity index is 1.84. The molecule has 132 valence electrons. The fraction of sp³-hybridized carbons (Fsp3) is 0.556. The lowest BCUT2D eigenvalue weighted by molar-refractivity contribution is -0.125. The van der Waals surface area contributed by atoms with E-state index in [4.69, 9.17) is 4.74 Å². The number of rotatable bonds is 5. The van der Waals surface area contributed by atoms with Crippen molar-refractivity contribution in [1.82, 2.24) is 15.5 Å². The Morgan fingerprint density at radius 2 is 1.88 bits per heavy atom. The maximum Gasteiger partial charge on any atom is 0.234 e. The van der Waals surface area contributed by atoms with Crippen LogP contribution >= 0.6 is 0 Å². The molecule has 0 spiro atoms. The molecule has 6 nitrogen and oxygen atoms in total. The summed E-state index contributed by atoms with van der Waals surface area (Å²) in [6, 6.07) is 7.70. The van der Waals surface area contributed by atoms with E-state index in [1.54, 1.807) is 11.9 Å². The minimum atomic E-state index is -0.272. The fourth-order valence-electron chi connectivity index (χ4n) is 2.74. The van der Waals surface area contributed by atoms with E-state index in [-0.39, 0.29) is 36.5 Å². The van der Waals surface area contributed by atoms with E-state index in [0.29, 0.717) is 6.61 Å². The van der Waals surface area contributed by atoms with Gasteiger partial charge in [-0.3, -0.25) is 14.5 Å². The summed E-state index contributed by atoms with van der Waals surface area (Å²) in [6.45, 7) is 6.75. The van der Waals surface area contributed by atoms with Gasteiger partial charge in [-0.2, -0.15) is 0 Å². The lowest BCUT2D eigenvalue weighted by atomic mass is 10.0. The number of carbonyl (C=O) groups excluding carboxylic acids is 2. The van der Waals surface area contributed by atoms with Crippen molar-refractivity contribution in [2.75, 3.05) is 26.7 Å². The zero-order valence-electron chi connectivity index (χ0n) is 14.9.